The average molecular weight is 340 g/mol. The van der Waals surface area contributed by atoms with E-state index in [1.165, 1.54) is 0 Å². The minimum absolute atomic E-state index is 0.0555. The number of fused-ring (bicyclic) bond motifs is 1. The highest BCUT2D eigenvalue weighted by atomic mass is 32.2. The zero-order chi connectivity index (χ0) is 17.1. The van der Waals surface area contributed by atoms with Gasteiger partial charge in [0.2, 0.25) is 0 Å². The van der Waals surface area contributed by atoms with Crippen LogP contribution in [0.25, 0.3) is 16.6 Å². The number of para-hydroxylation sites is 1. The highest BCUT2D eigenvalue weighted by molar-refractivity contribution is 7.99. The van der Waals surface area contributed by atoms with E-state index >= 15 is 0 Å². The van der Waals surface area contributed by atoms with Crippen molar-refractivity contribution >= 4 is 22.7 Å². The van der Waals surface area contributed by atoms with Crippen molar-refractivity contribution in [1.29, 1.82) is 0 Å². The molecular formula is C19H20N2O2S. The van der Waals surface area contributed by atoms with Crippen LogP contribution in [0.15, 0.2) is 58.5 Å². The molecule has 3 rings (SSSR count). The number of aromatic nitrogens is 2. The first-order chi connectivity index (χ1) is 11.6. The molecule has 0 aliphatic carbocycles. The Labute approximate surface area is 145 Å². The van der Waals surface area contributed by atoms with E-state index < -0.39 is 0 Å². The Hall–Kier alpha value is -2.27. The van der Waals surface area contributed by atoms with Crippen molar-refractivity contribution in [2.75, 3.05) is 12.9 Å². The minimum Gasteiger partial charge on any atom is -0.497 e. The van der Waals surface area contributed by atoms with Gasteiger partial charge in [-0.25, -0.2) is 4.98 Å². The fraction of sp³-hybridized carbons (Fsp3) is 0.263. The molecule has 3 aromatic rings. The lowest BCUT2D eigenvalue weighted by Gasteiger charge is -2.14. The van der Waals surface area contributed by atoms with Crippen LogP contribution in [0.3, 0.4) is 0 Å². The van der Waals surface area contributed by atoms with Crippen molar-refractivity contribution in [3.63, 3.8) is 0 Å². The fourth-order valence-corrected chi connectivity index (χ4v) is 3.39. The van der Waals surface area contributed by atoms with Crippen LogP contribution in [0.1, 0.15) is 13.8 Å². The number of hydrogen-bond acceptors (Lipinski definition) is 4. The molecule has 1 heterocycles. The zero-order valence-corrected chi connectivity index (χ0v) is 14.8. The molecule has 2 aromatic carbocycles. The molecule has 24 heavy (non-hydrogen) atoms. The highest BCUT2D eigenvalue weighted by Crippen LogP contribution is 2.24. The lowest BCUT2D eigenvalue weighted by atomic mass is 10.2. The third kappa shape index (κ3) is 3.31. The molecule has 0 unspecified atom stereocenters. The maximum absolute atomic E-state index is 13.1. The number of hydrogen-bond donors (Lipinski definition) is 0. The van der Waals surface area contributed by atoms with Crippen molar-refractivity contribution in [2.24, 2.45) is 5.92 Å². The van der Waals surface area contributed by atoms with E-state index in [1.807, 2.05) is 48.5 Å². The summed E-state index contributed by atoms with van der Waals surface area (Å²) in [5.41, 5.74) is 1.44. The van der Waals surface area contributed by atoms with Crippen LogP contribution in [0.5, 0.6) is 5.75 Å². The molecule has 0 saturated heterocycles. The van der Waals surface area contributed by atoms with Crippen molar-refractivity contribution in [1.82, 2.24) is 9.55 Å². The van der Waals surface area contributed by atoms with E-state index in [4.69, 9.17) is 9.72 Å². The normalized spacial score (nSPS) is 11.2. The van der Waals surface area contributed by atoms with Crippen LogP contribution >= 0.6 is 11.8 Å². The molecule has 0 saturated carbocycles. The van der Waals surface area contributed by atoms with E-state index in [0.717, 1.165) is 17.0 Å². The predicted molar refractivity (Wildman–Crippen MR) is 99.5 cm³/mol. The van der Waals surface area contributed by atoms with Crippen LogP contribution in [-0.2, 0) is 0 Å². The Balaban J connectivity index is 2.24. The van der Waals surface area contributed by atoms with Gasteiger partial charge in [0.15, 0.2) is 5.16 Å². The predicted octanol–water partition coefficient (Wildman–Crippen LogP) is 4.14. The SMILES string of the molecule is COc1cccc(-n2c(SCC(C)C)nc3ccccc3c2=O)c1. The summed E-state index contributed by atoms with van der Waals surface area (Å²) in [4.78, 5) is 17.8. The van der Waals surface area contributed by atoms with Crippen LogP contribution < -0.4 is 10.3 Å². The maximum atomic E-state index is 13.1. The van der Waals surface area contributed by atoms with Gasteiger partial charge in [-0.15, -0.1) is 0 Å². The Morgan fingerprint density at radius 2 is 1.96 bits per heavy atom. The highest BCUT2D eigenvalue weighted by Gasteiger charge is 2.14. The minimum atomic E-state index is -0.0555. The van der Waals surface area contributed by atoms with E-state index in [1.54, 1.807) is 23.4 Å². The van der Waals surface area contributed by atoms with Crippen LogP contribution in [0.2, 0.25) is 0 Å². The van der Waals surface area contributed by atoms with Crippen molar-refractivity contribution < 1.29 is 4.74 Å². The van der Waals surface area contributed by atoms with Gasteiger partial charge in [-0.1, -0.05) is 43.8 Å². The molecule has 0 N–H and O–H groups in total. The molecule has 0 aliphatic heterocycles. The summed E-state index contributed by atoms with van der Waals surface area (Å²) in [5, 5.41) is 1.33. The van der Waals surface area contributed by atoms with Gasteiger partial charge in [0.1, 0.15) is 5.75 Å². The first-order valence-electron chi connectivity index (χ1n) is 7.89. The molecule has 0 atom stereocenters. The standard InChI is InChI=1S/C19H20N2O2S/c1-13(2)12-24-19-20-17-10-5-4-9-16(17)18(22)21(19)14-7-6-8-15(11-14)23-3/h4-11,13H,12H2,1-3H3. The van der Waals surface area contributed by atoms with Crippen molar-refractivity contribution in [3.8, 4) is 11.4 Å². The topological polar surface area (TPSA) is 44.1 Å². The number of benzene rings is 2. The monoisotopic (exact) mass is 340 g/mol. The molecule has 0 fully saturated rings. The largest absolute Gasteiger partial charge is 0.497 e. The number of nitrogens with zero attached hydrogens (tertiary/aromatic N) is 2. The first-order valence-corrected chi connectivity index (χ1v) is 8.87. The molecule has 4 nitrogen and oxygen atoms in total. The third-order valence-electron chi connectivity index (χ3n) is 3.60. The van der Waals surface area contributed by atoms with E-state index in [2.05, 4.69) is 13.8 Å². The van der Waals surface area contributed by atoms with Gasteiger partial charge in [-0.05, 0) is 30.2 Å². The summed E-state index contributed by atoms with van der Waals surface area (Å²) < 4.78 is 6.98. The number of methoxy groups -OCH3 is 1. The Bertz CT molecular complexity index is 919. The van der Waals surface area contributed by atoms with Gasteiger partial charge < -0.3 is 4.74 Å². The van der Waals surface area contributed by atoms with Gasteiger partial charge in [0.05, 0.1) is 23.7 Å². The van der Waals surface area contributed by atoms with Gasteiger partial charge in [0, 0.05) is 11.8 Å². The van der Waals surface area contributed by atoms with Crippen LogP contribution in [0, 0.1) is 5.92 Å². The zero-order valence-electron chi connectivity index (χ0n) is 14.0. The number of thioether (sulfide) groups is 1. The van der Waals surface area contributed by atoms with E-state index in [-0.39, 0.29) is 5.56 Å². The summed E-state index contributed by atoms with van der Waals surface area (Å²) in [6, 6.07) is 15.0. The van der Waals surface area contributed by atoms with Crippen molar-refractivity contribution in [3.05, 3.63) is 58.9 Å². The molecule has 0 bridgehead atoms. The molecule has 5 heteroatoms. The summed E-state index contributed by atoms with van der Waals surface area (Å²) in [5.74, 6) is 2.12. The van der Waals surface area contributed by atoms with Gasteiger partial charge >= 0.3 is 0 Å². The second kappa shape index (κ2) is 7.09. The van der Waals surface area contributed by atoms with Crippen LogP contribution in [0.4, 0.5) is 0 Å². The van der Waals surface area contributed by atoms with Gasteiger partial charge in [0.25, 0.3) is 5.56 Å². The third-order valence-corrected chi connectivity index (χ3v) is 4.97. The lowest BCUT2D eigenvalue weighted by molar-refractivity contribution is 0.414. The quantitative estimate of drug-likeness (QED) is 0.517. The lowest BCUT2D eigenvalue weighted by Crippen LogP contribution is -2.22. The molecule has 1 aromatic heterocycles. The Kier molecular flexibility index (Phi) is 4.90. The average Bonchev–Trinajstić information content (AvgIpc) is 2.60. The molecule has 0 amide bonds. The second-order valence-corrected chi connectivity index (χ2v) is 6.95. The second-order valence-electron chi connectivity index (χ2n) is 5.96. The summed E-state index contributed by atoms with van der Waals surface area (Å²) in [6.45, 7) is 4.31. The van der Waals surface area contributed by atoms with Gasteiger partial charge in [-0.3, -0.25) is 9.36 Å². The summed E-state index contributed by atoms with van der Waals surface area (Å²) >= 11 is 1.60. The fourth-order valence-electron chi connectivity index (χ4n) is 2.43. The summed E-state index contributed by atoms with van der Waals surface area (Å²) in [6.07, 6.45) is 0. The molecular weight excluding hydrogens is 320 g/mol. The van der Waals surface area contributed by atoms with Crippen molar-refractivity contribution in [2.45, 2.75) is 19.0 Å². The molecule has 0 aliphatic rings. The molecule has 0 spiro atoms. The van der Waals surface area contributed by atoms with E-state index in [9.17, 15) is 4.79 Å². The number of rotatable bonds is 5. The Morgan fingerprint density at radius 3 is 2.71 bits per heavy atom. The molecule has 124 valence electrons. The first kappa shape index (κ1) is 16.6. The van der Waals surface area contributed by atoms with Gasteiger partial charge in [-0.2, -0.15) is 0 Å². The number of ether oxygens (including phenoxy) is 1. The Morgan fingerprint density at radius 1 is 1.17 bits per heavy atom. The van der Waals surface area contributed by atoms with Crippen LogP contribution in [-0.4, -0.2) is 22.4 Å². The maximum Gasteiger partial charge on any atom is 0.266 e. The van der Waals surface area contributed by atoms with E-state index in [0.29, 0.717) is 22.2 Å². The summed E-state index contributed by atoms with van der Waals surface area (Å²) in [7, 11) is 1.62. The molecule has 0 radical (unpaired) electrons. The smallest absolute Gasteiger partial charge is 0.266 e.